The molecule has 0 saturated heterocycles. The Kier molecular flexibility index (Phi) is 12.6. The Hall–Kier alpha value is -3.76. The number of carbonyl (C=O) groups is 6. The van der Waals surface area contributed by atoms with Crippen molar-refractivity contribution < 1.29 is 33.5 Å². The van der Waals surface area contributed by atoms with E-state index in [0.29, 0.717) is 37.9 Å². The van der Waals surface area contributed by atoms with Gasteiger partial charge < -0.3 is 15.4 Å². The van der Waals surface area contributed by atoms with E-state index in [2.05, 4.69) is 10.6 Å². The summed E-state index contributed by atoms with van der Waals surface area (Å²) in [5, 5.41) is 7.34. The van der Waals surface area contributed by atoms with Gasteiger partial charge in [0.2, 0.25) is 24.6 Å². The minimum absolute atomic E-state index is 0.0395. The minimum atomic E-state index is -1.17. The van der Waals surface area contributed by atoms with Gasteiger partial charge in [-0.2, -0.15) is 0 Å². The first-order valence-corrected chi connectivity index (χ1v) is 11.0. The summed E-state index contributed by atoms with van der Waals surface area (Å²) in [6, 6.07) is 3.59. The number of hydrogen-bond acceptors (Lipinski definition) is 7. The highest BCUT2D eigenvalue weighted by Gasteiger charge is 2.32. The molecule has 34 heavy (non-hydrogen) atoms. The van der Waals surface area contributed by atoms with Gasteiger partial charge in [0.1, 0.15) is 11.8 Å². The Morgan fingerprint density at radius 1 is 1.09 bits per heavy atom. The number of aryl methyl sites for hydroxylation is 1. The van der Waals surface area contributed by atoms with Crippen molar-refractivity contribution in [3.8, 4) is 5.75 Å². The molecule has 0 aromatic heterocycles. The normalized spacial score (nSPS) is 11.0. The average Bonchev–Trinajstić information content (AvgIpc) is 2.79. The third kappa shape index (κ3) is 9.00. The van der Waals surface area contributed by atoms with Crippen molar-refractivity contribution in [2.24, 2.45) is 0 Å². The zero-order valence-corrected chi connectivity index (χ0v) is 19.7. The molecule has 0 aliphatic heterocycles. The number of rotatable bonds is 15. The van der Waals surface area contributed by atoms with E-state index < -0.39 is 23.8 Å². The molecule has 0 fully saturated rings. The standard InChI is InChI=1S/C23H32N4O7/c1-4-8-18(22(32)26-14-28)27(15-29)23(33)21-16(2)9-7-10-19(21)34-13-20(31)25-12-6-5-11-24-17(3)30/h7,9-10,14-15,18H,4-6,8,11-13H2,1-3H3,(H,24,30)(H,25,31)(H,26,28,32). The topological polar surface area (TPSA) is 151 Å². The highest BCUT2D eigenvalue weighted by atomic mass is 16.5. The van der Waals surface area contributed by atoms with Crippen LogP contribution in [-0.2, 0) is 24.0 Å². The molecular weight excluding hydrogens is 444 g/mol. The number of hydrogen-bond donors (Lipinski definition) is 3. The minimum Gasteiger partial charge on any atom is -0.483 e. The van der Waals surface area contributed by atoms with Crippen LogP contribution >= 0.6 is 0 Å². The quantitative estimate of drug-likeness (QED) is 0.245. The Labute approximate surface area is 198 Å². The van der Waals surface area contributed by atoms with Crippen LogP contribution in [0.4, 0.5) is 0 Å². The van der Waals surface area contributed by atoms with Crippen molar-refractivity contribution in [2.45, 2.75) is 52.5 Å². The summed E-state index contributed by atoms with van der Waals surface area (Å²) in [4.78, 5) is 71.6. The molecule has 0 aliphatic rings. The van der Waals surface area contributed by atoms with Crippen molar-refractivity contribution in [1.82, 2.24) is 20.9 Å². The number of nitrogens with zero attached hydrogens (tertiary/aromatic N) is 1. The zero-order valence-electron chi connectivity index (χ0n) is 19.7. The molecule has 0 radical (unpaired) electrons. The van der Waals surface area contributed by atoms with E-state index in [1.807, 2.05) is 5.32 Å². The van der Waals surface area contributed by atoms with Crippen LogP contribution in [0, 0.1) is 6.92 Å². The third-order valence-corrected chi connectivity index (χ3v) is 4.86. The summed E-state index contributed by atoms with van der Waals surface area (Å²) in [7, 11) is 0. The molecule has 1 aromatic carbocycles. The molecular formula is C23H32N4O7. The molecule has 11 heteroatoms. The number of ether oxygens (including phenoxy) is 1. The monoisotopic (exact) mass is 476 g/mol. The van der Waals surface area contributed by atoms with Gasteiger partial charge in [-0.15, -0.1) is 0 Å². The van der Waals surface area contributed by atoms with Gasteiger partial charge in [0.15, 0.2) is 6.61 Å². The molecule has 1 unspecified atom stereocenters. The van der Waals surface area contributed by atoms with Crippen LogP contribution in [0.3, 0.4) is 0 Å². The van der Waals surface area contributed by atoms with E-state index in [1.165, 1.54) is 13.0 Å². The molecule has 0 aliphatic carbocycles. The van der Waals surface area contributed by atoms with Gasteiger partial charge in [0.25, 0.3) is 11.8 Å². The van der Waals surface area contributed by atoms with E-state index in [0.717, 1.165) is 4.90 Å². The largest absolute Gasteiger partial charge is 0.483 e. The fourth-order valence-electron chi connectivity index (χ4n) is 3.19. The van der Waals surface area contributed by atoms with E-state index in [9.17, 15) is 28.8 Å². The summed E-state index contributed by atoms with van der Waals surface area (Å²) >= 11 is 0. The van der Waals surface area contributed by atoms with E-state index in [1.54, 1.807) is 26.0 Å². The van der Waals surface area contributed by atoms with Crippen LogP contribution in [0.25, 0.3) is 0 Å². The lowest BCUT2D eigenvalue weighted by molar-refractivity contribution is -0.133. The van der Waals surface area contributed by atoms with Crippen LogP contribution < -0.4 is 20.7 Å². The molecule has 11 nitrogen and oxygen atoms in total. The predicted octanol–water partition coefficient (Wildman–Crippen LogP) is 0.446. The maximum Gasteiger partial charge on any atom is 0.265 e. The van der Waals surface area contributed by atoms with E-state index in [-0.39, 0.29) is 43.1 Å². The smallest absolute Gasteiger partial charge is 0.265 e. The summed E-state index contributed by atoms with van der Waals surface area (Å²) < 4.78 is 5.56. The fraction of sp³-hybridized carbons (Fsp3) is 0.478. The first-order valence-electron chi connectivity index (χ1n) is 11.0. The Morgan fingerprint density at radius 2 is 1.76 bits per heavy atom. The van der Waals surface area contributed by atoms with Gasteiger partial charge in [0.05, 0.1) is 5.56 Å². The SMILES string of the molecule is CCCC(C(=O)NC=O)N(C=O)C(=O)c1c(C)cccc1OCC(=O)NCCCCNC(C)=O. The van der Waals surface area contributed by atoms with Crippen molar-refractivity contribution in [1.29, 1.82) is 0 Å². The number of amides is 6. The lowest BCUT2D eigenvalue weighted by Crippen LogP contribution is -2.49. The molecule has 1 rings (SSSR count). The van der Waals surface area contributed by atoms with Gasteiger partial charge in [-0.25, -0.2) is 0 Å². The summed E-state index contributed by atoms with van der Waals surface area (Å²) in [6.07, 6.45) is 2.45. The second-order valence-corrected chi connectivity index (χ2v) is 7.53. The molecule has 0 heterocycles. The van der Waals surface area contributed by atoms with Crippen LogP contribution in [0.5, 0.6) is 5.75 Å². The maximum absolute atomic E-state index is 13.2. The summed E-state index contributed by atoms with van der Waals surface area (Å²) in [5.41, 5.74) is 0.525. The zero-order chi connectivity index (χ0) is 25.5. The second-order valence-electron chi connectivity index (χ2n) is 7.53. The average molecular weight is 477 g/mol. The molecule has 3 N–H and O–H groups in total. The number of imide groups is 2. The maximum atomic E-state index is 13.2. The van der Waals surface area contributed by atoms with Crippen molar-refractivity contribution in [2.75, 3.05) is 19.7 Å². The fourth-order valence-corrected chi connectivity index (χ4v) is 3.19. The lowest BCUT2D eigenvalue weighted by Gasteiger charge is -2.26. The van der Waals surface area contributed by atoms with Crippen LogP contribution in [0.1, 0.15) is 55.5 Å². The van der Waals surface area contributed by atoms with Crippen molar-refractivity contribution in [3.05, 3.63) is 29.3 Å². The highest BCUT2D eigenvalue weighted by molar-refractivity contribution is 6.06. The number of carbonyl (C=O) groups excluding carboxylic acids is 6. The van der Waals surface area contributed by atoms with Gasteiger partial charge in [-0.1, -0.05) is 25.5 Å². The van der Waals surface area contributed by atoms with Gasteiger partial charge >= 0.3 is 0 Å². The van der Waals surface area contributed by atoms with Gasteiger partial charge in [-0.3, -0.25) is 39.0 Å². The molecule has 0 bridgehead atoms. The third-order valence-electron chi connectivity index (χ3n) is 4.86. The van der Waals surface area contributed by atoms with Crippen LogP contribution in [-0.4, -0.2) is 67.1 Å². The van der Waals surface area contributed by atoms with E-state index >= 15 is 0 Å². The molecule has 0 saturated carbocycles. The molecule has 1 aromatic rings. The predicted molar refractivity (Wildman–Crippen MR) is 123 cm³/mol. The van der Waals surface area contributed by atoms with Crippen LogP contribution in [0.15, 0.2) is 18.2 Å². The summed E-state index contributed by atoms with van der Waals surface area (Å²) in [5.74, 6) is -1.98. The van der Waals surface area contributed by atoms with E-state index in [4.69, 9.17) is 4.74 Å². The lowest BCUT2D eigenvalue weighted by atomic mass is 10.0. The van der Waals surface area contributed by atoms with Gasteiger partial charge in [0, 0.05) is 20.0 Å². The summed E-state index contributed by atoms with van der Waals surface area (Å²) in [6.45, 7) is 5.40. The molecule has 6 amide bonds. The number of benzene rings is 1. The molecule has 0 spiro atoms. The van der Waals surface area contributed by atoms with Crippen molar-refractivity contribution in [3.63, 3.8) is 0 Å². The van der Waals surface area contributed by atoms with Gasteiger partial charge in [-0.05, 0) is 37.8 Å². The Morgan fingerprint density at radius 3 is 2.35 bits per heavy atom. The first-order chi connectivity index (χ1) is 16.3. The highest BCUT2D eigenvalue weighted by Crippen LogP contribution is 2.25. The van der Waals surface area contributed by atoms with Crippen LogP contribution in [0.2, 0.25) is 0 Å². The first kappa shape index (κ1) is 28.3. The van der Waals surface area contributed by atoms with Crippen molar-refractivity contribution >= 4 is 36.4 Å². The molecule has 1 atom stereocenters. The number of unbranched alkanes of at least 4 members (excludes halogenated alkanes) is 1. The number of nitrogens with one attached hydrogen (secondary N) is 3. The second kappa shape index (κ2) is 15.1. The Balaban J connectivity index is 2.87. The molecule has 186 valence electrons. The Bertz CT molecular complexity index is 888.